The number of nitrogens with zero attached hydrogens (tertiary/aromatic N) is 1. The van der Waals surface area contributed by atoms with Gasteiger partial charge in [0.25, 0.3) is 0 Å². The van der Waals surface area contributed by atoms with Gasteiger partial charge in [0.1, 0.15) is 0 Å². The first-order valence-corrected chi connectivity index (χ1v) is 7.83. The molecule has 1 aromatic heterocycles. The molecule has 1 aliphatic rings. The first kappa shape index (κ1) is 14.5. The predicted molar refractivity (Wildman–Crippen MR) is 85.2 cm³/mol. The number of rotatable bonds is 5. The van der Waals surface area contributed by atoms with Crippen LogP contribution in [-0.4, -0.2) is 27.4 Å². The van der Waals surface area contributed by atoms with Crippen LogP contribution in [0, 0.1) is 5.92 Å². The molecule has 1 saturated carbocycles. The molecule has 1 aromatic carbocycles. The molecule has 4 heteroatoms. The maximum atomic E-state index is 10.6. The molecule has 0 spiro atoms. The number of aromatic nitrogens is 2. The van der Waals surface area contributed by atoms with Crippen molar-refractivity contribution in [3.63, 3.8) is 0 Å². The number of hydrogen-bond donors (Lipinski definition) is 3. The molecule has 3 rings (SSSR count). The third-order valence-corrected chi connectivity index (χ3v) is 4.06. The largest absolute Gasteiger partial charge is 0.387 e. The number of aliphatic hydroxyl groups is 1. The minimum absolute atomic E-state index is 0.00210. The molecule has 0 unspecified atom stereocenters. The lowest BCUT2D eigenvalue weighted by Crippen LogP contribution is -2.38. The van der Waals surface area contributed by atoms with Crippen molar-refractivity contribution in [3.05, 3.63) is 29.5 Å². The lowest BCUT2D eigenvalue weighted by atomic mass is 9.99. The lowest BCUT2D eigenvalue weighted by molar-refractivity contribution is 0.164. The summed E-state index contributed by atoms with van der Waals surface area (Å²) in [6, 6.07) is 6.03. The van der Waals surface area contributed by atoms with Crippen molar-refractivity contribution in [2.45, 2.75) is 51.7 Å². The van der Waals surface area contributed by atoms with E-state index in [2.05, 4.69) is 36.3 Å². The smallest absolute Gasteiger partial charge is 0.0921 e. The van der Waals surface area contributed by atoms with Crippen molar-refractivity contribution in [2.24, 2.45) is 5.92 Å². The van der Waals surface area contributed by atoms with E-state index in [0.29, 0.717) is 6.54 Å². The molecule has 1 atom stereocenters. The number of aliphatic hydroxyl groups excluding tert-OH is 1. The fourth-order valence-corrected chi connectivity index (χ4v) is 2.70. The van der Waals surface area contributed by atoms with E-state index in [0.717, 1.165) is 34.5 Å². The molecule has 0 saturated heterocycles. The first-order valence-electron chi connectivity index (χ1n) is 7.83. The topological polar surface area (TPSA) is 60.9 Å². The van der Waals surface area contributed by atoms with Gasteiger partial charge in [-0.05, 0) is 57.6 Å². The highest BCUT2D eigenvalue weighted by Gasteiger charge is 2.25. The second-order valence-corrected chi connectivity index (χ2v) is 7.23. The summed E-state index contributed by atoms with van der Waals surface area (Å²) in [7, 11) is 0. The minimum Gasteiger partial charge on any atom is -0.387 e. The van der Waals surface area contributed by atoms with E-state index >= 15 is 0 Å². The molecule has 21 heavy (non-hydrogen) atoms. The SMILES string of the molecule is CC(C)(C)NC[C@H](O)c1cccc2[nH]nc(CC3CC3)c12. The Kier molecular flexibility index (Phi) is 3.76. The highest BCUT2D eigenvalue weighted by atomic mass is 16.3. The van der Waals surface area contributed by atoms with Crippen LogP contribution in [0.15, 0.2) is 18.2 Å². The summed E-state index contributed by atoms with van der Waals surface area (Å²) < 4.78 is 0. The van der Waals surface area contributed by atoms with Crippen LogP contribution in [0.3, 0.4) is 0 Å². The Labute approximate surface area is 125 Å². The summed E-state index contributed by atoms with van der Waals surface area (Å²) in [5, 5.41) is 22.6. The Morgan fingerprint density at radius 2 is 2.14 bits per heavy atom. The first-order chi connectivity index (χ1) is 9.94. The summed E-state index contributed by atoms with van der Waals surface area (Å²) in [6.45, 7) is 6.88. The molecule has 4 nitrogen and oxygen atoms in total. The number of H-pyrrole nitrogens is 1. The van der Waals surface area contributed by atoms with Crippen molar-refractivity contribution in [2.75, 3.05) is 6.54 Å². The summed E-state index contributed by atoms with van der Waals surface area (Å²) in [6.07, 6.45) is 3.13. The van der Waals surface area contributed by atoms with Crippen LogP contribution >= 0.6 is 0 Å². The average Bonchev–Trinajstić information content (AvgIpc) is 3.14. The van der Waals surface area contributed by atoms with Crippen LogP contribution in [0.4, 0.5) is 0 Å². The van der Waals surface area contributed by atoms with Crippen LogP contribution < -0.4 is 5.32 Å². The zero-order valence-corrected chi connectivity index (χ0v) is 13.1. The Hall–Kier alpha value is -1.39. The Morgan fingerprint density at radius 3 is 2.81 bits per heavy atom. The molecular weight excluding hydrogens is 262 g/mol. The van der Waals surface area contributed by atoms with Gasteiger partial charge in [0, 0.05) is 17.5 Å². The zero-order valence-electron chi connectivity index (χ0n) is 13.1. The quantitative estimate of drug-likeness (QED) is 0.792. The van der Waals surface area contributed by atoms with Crippen LogP contribution in [0.25, 0.3) is 10.9 Å². The Balaban J connectivity index is 1.87. The Bertz CT molecular complexity index is 622. The van der Waals surface area contributed by atoms with Gasteiger partial charge in [0.05, 0.1) is 17.3 Å². The molecule has 1 aliphatic carbocycles. The van der Waals surface area contributed by atoms with Gasteiger partial charge in [-0.2, -0.15) is 5.10 Å². The monoisotopic (exact) mass is 287 g/mol. The normalized spacial score (nSPS) is 17.3. The molecule has 2 aromatic rings. The number of aromatic amines is 1. The molecule has 114 valence electrons. The highest BCUT2D eigenvalue weighted by Crippen LogP contribution is 2.35. The van der Waals surface area contributed by atoms with E-state index in [-0.39, 0.29) is 5.54 Å². The molecule has 3 N–H and O–H groups in total. The number of β-amino-alcohol motifs (C(OH)–C–C–N with tert-alkyl or cyclic N) is 1. The van der Waals surface area contributed by atoms with Crippen LogP contribution in [-0.2, 0) is 6.42 Å². The number of benzene rings is 1. The van der Waals surface area contributed by atoms with Crippen molar-refractivity contribution < 1.29 is 5.11 Å². The van der Waals surface area contributed by atoms with Crippen LogP contribution in [0.2, 0.25) is 0 Å². The van der Waals surface area contributed by atoms with Gasteiger partial charge in [-0.1, -0.05) is 12.1 Å². The van der Waals surface area contributed by atoms with Crippen LogP contribution in [0.5, 0.6) is 0 Å². The zero-order chi connectivity index (χ0) is 15.0. The third-order valence-electron chi connectivity index (χ3n) is 4.06. The summed E-state index contributed by atoms with van der Waals surface area (Å²) in [4.78, 5) is 0. The van der Waals surface area contributed by atoms with Gasteiger partial charge in [0.2, 0.25) is 0 Å². The summed E-state index contributed by atoms with van der Waals surface area (Å²) in [5.74, 6) is 0.786. The Morgan fingerprint density at radius 1 is 1.38 bits per heavy atom. The fourth-order valence-electron chi connectivity index (χ4n) is 2.70. The number of nitrogens with one attached hydrogen (secondary N) is 2. The van der Waals surface area contributed by atoms with E-state index in [1.807, 2.05) is 18.2 Å². The van der Waals surface area contributed by atoms with Gasteiger partial charge in [0.15, 0.2) is 0 Å². The highest BCUT2D eigenvalue weighted by molar-refractivity contribution is 5.85. The summed E-state index contributed by atoms with van der Waals surface area (Å²) >= 11 is 0. The molecule has 1 heterocycles. The molecule has 0 amide bonds. The van der Waals surface area contributed by atoms with E-state index in [1.165, 1.54) is 12.8 Å². The minimum atomic E-state index is -0.511. The molecule has 0 radical (unpaired) electrons. The molecular formula is C17H25N3O. The molecule has 1 fully saturated rings. The van der Waals surface area contributed by atoms with Gasteiger partial charge in [-0.3, -0.25) is 5.10 Å². The average molecular weight is 287 g/mol. The van der Waals surface area contributed by atoms with Gasteiger partial charge >= 0.3 is 0 Å². The molecule has 0 aliphatic heterocycles. The molecule has 0 bridgehead atoms. The van der Waals surface area contributed by atoms with Gasteiger partial charge in [-0.15, -0.1) is 0 Å². The van der Waals surface area contributed by atoms with Crippen molar-refractivity contribution in [1.82, 2.24) is 15.5 Å². The van der Waals surface area contributed by atoms with Crippen molar-refractivity contribution in [1.29, 1.82) is 0 Å². The number of hydrogen-bond acceptors (Lipinski definition) is 3. The second kappa shape index (κ2) is 5.43. The van der Waals surface area contributed by atoms with Crippen LogP contribution in [0.1, 0.15) is 51.0 Å². The predicted octanol–water partition coefficient (Wildman–Crippen LogP) is 2.94. The van der Waals surface area contributed by atoms with Gasteiger partial charge < -0.3 is 10.4 Å². The van der Waals surface area contributed by atoms with E-state index < -0.39 is 6.10 Å². The standard InChI is InChI=1S/C17H25N3O/c1-17(2,3)18-10-15(21)12-5-4-6-13-16(12)14(20-19-13)9-11-7-8-11/h4-6,11,15,18,21H,7-10H2,1-3H3,(H,19,20)/t15-/m0/s1. The number of fused-ring (bicyclic) bond motifs is 1. The lowest BCUT2D eigenvalue weighted by Gasteiger charge is -2.23. The van der Waals surface area contributed by atoms with Gasteiger partial charge in [-0.25, -0.2) is 0 Å². The maximum Gasteiger partial charge on any atom is 0.0921 e. The van der Waals surface area contributed by atoms with E-state index in [9.17, 15) is 5.11 Å². The summed E-state index contributed by atoms with van der Waals surface area (Å²) in [5.41, 5.74) is 3.12. The van der Waals surface area contributed by atoms with E-state index in [1.54, 1.807) is 0 Å². The third kappa shape index (κ3) is 3.44. The fraction of sp³-hybridized carbons (Fsp3) is 0.588. The second-order valence-electron chi connectivity index (χ2n) is 7.23. The maximum absolute atomic E-state index is 10.6. The van der Waals surface area contributed by atoms with E-state index in [4.69, 9.17) is 0 Å². The van der Waals surface area contributed by atoms with Crippen molar-refractivity contribution >= 4 is 10.9 Å². The van der Waals surface area contributed by atoms with Crippen molar-refractivity contribution in [3.8, 4) is 0 Å².